The summed E-state index contributed by atoms with van der Waals surface area (Å²) in [4.78, 5) is 13.6. The van der Waals surface area contributed by atoms with Gasteiger partial charge in [-0.05, 0) is 25.7 Å². The molecule has 0 aliphatic heterocycles. The highest BCUT2D eigenvalue weighted by Gasteiger charge is 2.27. The highest BCUT2D eigenvalue weighted by atomic mass is 79.9. The normalized spacial score (nSPS) is 16.4. The molecule has 0 saturated heterocycles. The summed E-state index contributed by atoms with van der Waals surface area (Å²) in [7, 11) is 0. The zero-order valence-corrected chi connectivity index (χ0v) is 10.0. The lowest BCUT2D eigenvalue weighted by Crippen LogP contribution is -2.45. The molecule has 0 bridgehead atoms. The molecule has 1 aliphatic rings. The lowest BCUT2D eigenvalue weighted by Gasteiger charge is -2.37. The van der Waals surface area contributed by atoms with Gasteiger partial charge in [0.1, 0.15) is 0 Å². The van der Waals surface area contributed by atoms with Crippen molar-refractivity contribution in [2.24, 2.45) is 0 Å². The van der Waals surface area contributed by atoms with Crippen LogP contribution in [0, 0.1) is 0 Å². The SMILES string of the molecule is O=C(CCBr)N(CCCO)C1CCC1. The molecule has 4 heteroatoms. The molecule has 0 heterocycles. The molecular formula is C10H18BrNO2. The third-order valence-corrected chi connectivity index (χ3v) is 3.10. The summed E-state index contributed by atoms with van der Waals surface area (Å²) < 4.78 is 0. The standard InChI is InChI=1S/C10H18BrNO2/c11-6-5-10(14)12(7-2-8-13)9-3-1-4-9/h9,13H,1-8H2. The van der Waals surface area contributed by atoms with Crippen LogP contribution in [0.2, 0.25) is 0 Å². The van der Waals surface area contributed by atoms with Gasteiger partial charge in [-0.15, -0.1) is 0 Å². The molecule has 0 aromatic rings. The molecule has 0 atom stereocenters. The van der Waals surface area contributed by atoms with Crippen molar-refractivity contribution in [2.75, 3.05) is 18.5 Å². The maximum atomic E-state index is 11.7. The third kappa shape index (κ3) is 3.24. The minimum atomic E-state index is 0.171. The number of aliphatic hydroxyl groups excluding tert-OH is 1. The fourth-order valence-corrected chi connectivity index (χ4v) is 2.01. The highest BCUT2D eigenvalue weighted by Crippen LogP contribution is 2.25. The number of carbonyl (C=O) groups is 1. The first-order valence-electron chi connectivity index (χ1n) is 5.26. The molecule has 0 radical (unpaired) electrons. The molecule has 0 aromatic carbocycles. The van der Waals surface area contributed by atoms with Crippen molar-refractivity contribution in [3.05, 3.63) is 0 Å². The minimum Gasteiger partial charge on any atom is -0.396 e. The number of hydrogen-bond acceptors (Lipinski definition) is 2. The summed E-state index contributed by atoms with van der Waals surface area (Å²) in [6.45, 7) is 0.887. The van der Waals surface area contributed by atoms with Gasteiger partial charge in [0, 0.05) is 30.9 Å². The predicted molar refractivity (Wildman–Crippen MR) is 59.5 cm³/mol. The van der Waals surface area contributed by atoms with Gasteiger partial charge in [-0.25, -0.2) is 0 Å². The Hall–Kier alpha value is -0.0900. The number of amides is 1. The molecule has 1 amide bonds. The molecule has 0 spiro atoms. The van der Waals surface area contributed by atoms with Crippen LogP contribution < -0.4 is 0 Å². The van der Waals surface area contributed by atoms with E-state index in [1.165, 1.54) is 6.42 Å². The largest absolute Gasteiger partial charge is 0.396 e. The van der Waals surface area contributed by atoms with Crippen LogP contribution in [0.25, 0.3) is 0 Å². The molecule has 1 fully saturated rings. The number of aliphatic hydroxyl groups is 1. The molecule has 1 saturated carbocycles. The maximum absolute atomic E-state index is 11.7. The van der Waals surface area contributed by atoms with Crippen LogP contribution in [0.4, 0.5) is 0 Å². The Morgan fingerprint density at radius 2 is 2.21 bits per heavy atom. The van der Waals surface area contributed by atoms with Gasteiger partial charge in [0.15, 0.2) is 0 Å². The van der Waals surface area contributed by atoms with Crippen LogP contribution in [-0.4, -0.2) is 40.4 Å². The molecule has 14 heavy (non-hydrogen) atoms. The van der Waals surface area contributed by atoms with Gasteiger partial charge in [0.05, 0.1) is 0 Å². The number of hydrogen-bond donors (Lipinski definition) is 1. The summed E-state index contributed by atoms with van der Waals surface area (Å²) in [5.74, 6) is 0.222. The van der Waals surface area contributed by atoms with E-state index in [4.69, 9.17) is 5.11 Å². The van der Waals surface area contributed by atoms with E-state index in [0.717, 1.165) is 18.2 Å². The van der Waals surface area contributed by atoms with E-state index in [1.54, 1.807) is 0 Å². The first-order valence-corrected chi connectivity index (χ1v) is 6.38. The molecule has 1 aliphatic carbocycles. The number of rotatable bonds is 6. The van der Waals surface area contributed by atoms with Crippen molar-refractivity contribution in [1.82, 2.24) is 4.90 Å². The van der Waals surface area contributed by atoms with Crippen LogP contribution >= 0.6 is 15.9 Å². The van der Waals surface area contributed by atoms with Crippen LogP contribution in [-0.2, 0) is 4.79 Å². The van der Waals surface area contributed by atoms with Crippen molar-refractivity contribution < 1.29 is 9.90 Å². The van der Waals surface area contributed by atoms with E-state index >= 15 is 0 Å². The Morgan fingerprint density at radius 1 is 1.50 bits per heavy atom. The topological polar surface area (TPSA) is 40.5 Å². The van der Waals surface area contributed by atoms with Crippen molar-refractivity contribution in [3.8, 4) is 0 Å². The average Bonchev–Trinajstić information content (AvgIpc) is 2.09. The van der Waals surface area contributed by atoms with E-state index < -0.39 is 0 Å². The molecular weight excluding hydrogens is 246 g/mol. The van der Waals surface area contributed by atoms with E-state index in [2.05, 4.69) is 15.9 Å². The minimum absolute atomic E-state index is 0.171. The second-order valence-corrected chi connectivity index (χ2v) is 4.48. The summed E-state index contributed by atoms with van der Waals surface area (Å²) in [6, 6.07) is 0.452. The van der Waals surface area contributed by atoms with E-state index in [0.29, 0.717) is 25.4 Å². The number of carbonyl (C=O) groups excluding carboxylic acids is 1. The lowest BCUT2D eigenvalue weighted by molar-refractivity contribution is -0.134. The average molecular weight is 264 g/mol. The van der Waals surface area contributed by atoms with Gasteiger partial charge in [-0.1, -0.05) is 15.9 Å². The number of halogens is 1. The van der Waals surface area contributed by atoms with Crippen molar-refractivity contribution in [1.29, 1.82) is 0 Å². The lowest BCUT2D eigenvalue weighted by atomic mass is 9.91. The Labute approximate surface area is 93.6 Å². The van der Waals surface area contributed by atoms with Crippen molar-refractivity contribution in [3.63, 3.8) is 0 Å². The van der Waals surface area contributed by atoms with Crippen molar-refractivity contribution in [2.45, 2.75) is 38.1 Å². The summed E-state index contributed by atoms with van der Waals surface area (Å²) >= 11 is 3.28. The second kappa shape index (κ2) is 6.40. The summed E-state index contributed by atoms with van der Waals surface area (Å²) in [5, 5.41) is 9.48. The molecule has 3 nitrogen and oxygen atoms in total. The number of alkyl halides is 1. The van der Waals surface area contributed by atoms with Crippen molar-refractivity contribution >= 4 is 21.8 Å². The van der Waals surface area contributed by atoms with Gasteiger partial charge >= 0.3 is 0 Å². The van der Waals surface area contributed by atoms with E-state index in [1.807, 2.05) is 4.90 Å². The van der Waals surface area contributed by atoms with Crippen LogP contribution in [0.3, 0.4) is 0 Å². The first kappa shape index (κ1) is 12.0. The zero-order chi connectivity index (χ0) is 10.4. The Balaban J connectivity index is 2.38. The van der Waals surface area contributed by atoms with Gasteiger partial charge < -0.3 is 10.0 Å². The van der Waals surface area contributed by atoms with Gasteiger partial charge in [-0.2, -0.15) is 0 Å². The smallest absolute Gasteiger partial charge is 0.223 e. The zero-order valence-electron chi connectivity index (χ0n) is 8.41. The van der Waals surface area contributed by atoms with Crippen LogP contribution in [0.5, 0.6) is 0 Å². The molecule has 82 valence electrons. The Bertz CT molecular complexity index is 183. The summed E-state index contributed by atoms with van der Waals surface area (Å²) in [5.41, 5.74) is 0. The highest BCUT2D eigenvalue weighted by molar-refractivity contribution is 9.09. The van der Waals surface area contributed by atoms with Gasteiger partial charge in [0.25, 0.3) is 0 Å². The third-order valence-electron chi connectivity index (χ3n) is 2.70. The Morgan fingerprint density at radius 3 is 2.64 bits per heavy atom. The van der Waals surface area contributed by atoms with E-state index in [9.17, 15) is 4.79 Å². The molecule has 1 N–H and O–H groups in total. The quantitative estimate of drug-likeness (QED) is 0.739. The summed E-state index contributed by atoms with van der Waals surface area (Å²) in [6.07, 6.45) is 4.78. The monoisotopic (exact) mass is 263 g/mol. The fraction of sp³-hybridized carbons (Fsp3) is 0.900. The second-order valence-electron chi connectivity index (χ2n) is 3.69. The Kier molecular flexibility index (Phi) is 5.48. The van der Waals surface area contributed by atoms with Crippen LogP contribution in [0.15, 0.2) is 0 Å². The molecule has 0 unspecified atom stereocenters. The molecule has 0 aromatic heterocycles. The predicted octanol–water partition coefficient (Wildman–Crippen LogP) is 1.53. The van der Waals surface area contributed by atoms with Gasteiger partial charge in [0.2, 0.25) is 5.91 Å². The van der Waals surface area contributed by atoms with Gasteiger partial charge in [-0.3, -0.25) is 4.79 Å². The number of nitrogens with zero attached hydrogens (tertiary/aromatic N) is 1. The maximum Gasteiger partial charge on any atom is 0.223 e. The first-order chi connectivity index (χ1) is 6.79. The fourth-order valence-electron chi connectivity index (χ4n) is 1.67. The van der Waals surface area contributed by atoms with Crippen LogP contribution in [0.1, 0.15) is 32.1 Å². The van der Waals surface area contributed by atoms with E-state index in [-0.39, 0.29) is 12.5 Å². The molecule has 1 rings (SSSR count).